The number of aromatic amines is 1. The van der Waals surface area contributed by atoms with Gasteiger partial charge in [-0.25, -0.2) is 0 Å². The first-order valence-electron chi connectivity index (χ1n) is 8.48. The van der Waals surface area contributed by atoms with Crippen molar-refractivity contribution in [2.24, 2.45) is 0 Å². The highest BCUT2D eigenvalue weighted by molar-refractivity contribution is 5.77. The minimum Gasteiger partial charge on any atom is -0.478 e. The van der Waals surface area contributed by atoms with Gasteiger partial charge >= 0.3 is 0 Å². The van der Waals surface area contributed by atoms with Gasteiger partial charge in [0.2, 0.25) is 5.43 Å². The summed E-state index contributed by atoms with van der Waals surface area (Å²) in [6, 6.07) is 11.8. The number of hydrogen-bond donors (Lipinski definition) is 1. The summed E-state index contributed by atoms with van der Waals surface area (Å²) in [5.74, 6) is 0.0981. The smallest absolute Gasteiger partial charge is 0.260 e. The van der Waals surface area contributed by atoms with E-state index in [4.69, 9.17) is 4.74 Å². The first kappa shape index (κ1) is 17.2. The second kappa shape index (κ2) is 7.98. The van der Waals surface area contributed by atoms with Crippen LogP contribution in [0.5, 0.6) is 5.75 Å². The number of rotatable bonds is 5. The lowest BCUT2D eigenvalue weighted by atomic mass is 10.2. The van der Waals surface area contributed by atoms with Crippen LogP contribution < -0.4 is 10.2 Å². The number of aryl methyl sites for hydroxylation is 1. The molecule has 0 bridgehead atoms. The van der Waals surface area contributed by atoms with Crippen LogP contribution in [0, 0.1) is 6.92 Å². The van der Waals surface area contributed by atoms with E-state index in [1.807, 2.05) is 18.2 Å². The lowest BCUT2D eigenvalue weighted by Gasteiger charge is -2.34. The highest BCUT2D eigenvalue weighted by atomic mass is 16.5. The van der Waals surface area contributed by atoms with Gasteiger partial charge in [0.1, 0.15) is 0 Å². The predicted octanol–water partition coefficient (Wildman–Crippen LogP) is 1.41. The van der Waals surface area contributed by atoms with E-state index >= 15 is 0 Å². The number of carbonyl (C=O) groups is 1. The maximum atomic E-state index is 12.3. The van der Waals surface area contributed by atoms with Crippen molar-refractivity contribution in [3.63, 3.8) is 0 Å². The molecular formula is C19H23N3O3. The second-order valence-corrected chi connectivity index (χ2v) is 6.28. The molecule has 1 N–H and O–H groups in total. The molecule has 0 atom stereocenters. The molecule has 0 saturated carbocycles. The van der Waals surface area contributed by atoms with Gasteiger partial charge in [-0.2, -0.15) is 0 Å². The minimum atomic E-state index is -0.211. The van der Waals surface area contributed by atoms with Crippen LogP contribution in [0.2, 0.25) is 0 Å². The summed E-state index contributed by atoms with van der Waals surface area (Å²) in [5.41, 5.74) is 1.83. The largest absolute Gasteiger partial charge is 0.478 e. The van der Waals surface area contributed by atoms with Gasteiger partial charge < -0.3 is 14.6 Å². The molecule has 0 spiro atoms. The number of H-pyrrole nitrogens is 1. The fraction of sp³-hybridized carbons (Fsp3) is 0.368. The highest BCUT2D eigenvalue weighted by Gasteiger charge is 2.21. The zero-order valence-corrected chi connectivity index (χ0v) is 14.4. The van der Waals surface area contributed by atoms with Gasteiger partial charge in [0.05, 0.1) is 0 Å². The van der Waals surface area contributed by atoms with E-state index in [1.165, 1.54) is 17.8 Å². The first-order chi connectivity index (χ1) is 12.1. The molecule has 2 heterocycles. The molecule has 1 aromatic carbocycles. The molecule has 1 fully saturated rings. The summed E-state index contributed by atoms with van der Waals surface area (Å²) < 4.78 is 5.38. The van der Waals surface area contributed by atoms with E-state index in [0.29, 0.717) is 13.1 Å². The second-order valence-electron chi connectivity index (χ2n) is 6.28. The Labute approximate surface area is 147 Å². The third-order valence-electron chi connectivity index (χ3n) is 4.35. The van der Waals surface area contributed by atoms with Crippen LogP contribution in [-0.2, 0) is 11.3 Å². The average molecular weight is 341 g/mol. The standard InChI is InChI=1S/C19H23N3O3/c1-15-11-17(23)18(12-20-15)25-14-19(24)22-9-7-21(8-10-22)13-16-5-3-2-4-6-16/h2-6,11-12H,7-10,13-14H2,1H3,(H,20,23). The molecule has 1 aromatic heterocycles. The van der Waals surface area contributed by atoms with Crippen LogP contribution in [0.3, 0.4) is 0 Å². The Morgan fingerprint density at radius 2 is 1.88 bits per heavy atom. The number of hydrogen-bond acceptors (Lipinski definition) is 4. The summed E-state index contributed by atoms with van der Waals surface area (Å²) >= 11 is 0. The third-order valence-corrected chi connectivity index (χ3v) is 4.35. The summed E-state index contributed by atoms with van der Waals surface area (Å²) in [6.45, 7) is 5.63. The molecular weight excluding hydrogens is 318 g/mol. The lowest BCUT2D eigenvalue weighted by Crippen LogP contribution is -2.49. The molecule has 1 saturated heterocycles. The molecule has 1 aliphatic rings. The Kier molecular flexibility index (Phi) is 5.50. The maximum Gasteiger partial charge on any atom is 0.260 e. The number of carbonyl (C=O) groups excluding carboxylic acids is 1. The van der Waals surface area contributed by atoms with Gasteiger partial charge in [-0.3, -0.25) is 14.5 Å². The number of nitrogens with zero attached hydrogens (tertiary/aromatic N) is 2. The maximum absolute atomic E-state index is 12.3. The highest BCUT2D eigenvalue weighted by Crippen LogP contribution is 2.09. The van der Waals surface area contributed by atoms with Crippen molar-refractivity contribution in [3.05, 3.63) is 64.1 Å². The molecule has 2 aromatic rings. The van der Waals surface area contributed by atoms with Gasteiger partial charge in [0.15, 0.2) is 12.4 Å². The molecule has 6 heteroatoms. The molecule has 25 heavy (non-hydrogen) atoms. The number of aromatic nitrogens is 1. The van der Waals surface area contributed by atoms with Crippen LogP contribution >= 0.6 is 0 Å². The van der Waals surface area contributed by atoms with Crippen LogP contribution in [0.4, 0.5) is 0 Å². The third kappa shape index (κ3) is 4.70. The van der Waals surface area contributed by atoms with Crippen molar-refractivity contribution in [3.8, 4) is 5.75 Å². The van der Waals surface area contributed by atoms with E-state index < -0.39 is 0 Å². The number of amides is 1. The van der Waals surface area contributed by atoms with E-state index in [9.17, 15) is 9.59 Å². The Bertz CT molecular complexity index is 765. The summed E-state index contributed by atoms with van der Waals surface area (Å²) in [5, 5.41) is 0. The van der Waals surface area contributed by atoms with Crippen LogP contribution in [-0.4, -0.2) is 53.5 Å². The summed E-state index contributed by atoms with van der Waals surface area (Å²) in [6.07, 6.45) is 1.50. The van der Waals surface area contributed by atoms with E-state index in [0.717, 1.165) is 25.3 Å². The summed E-state index contributed by atoms with van der Waals surface area (Å²) in [4.78, 5) is 31.1. The number of benzene rings is 1. The van der Waals surface area contributed by atoms with E-state index in [2.05, 4.69) is 22.0 Å². The van der Waals surface area contributed by atoms with Gasteiger partial charge in [0.25, 0.3) is 5.91 Å². The molecule has 1 amide bonds. The van der Waals surface area contributed by atoms with Gasteiger partial charge in [-0.05, 0) is 12.5 Å². The molecule has 0 unspecified atom stereocenters. The first-order valence-corrected chi connectivity index (χ1v) is 8.48. The average Bonchev–Trinajstić information content (AvgIpc) is 2.62. The number of nitrogens with one attached hydrogen (secondary N) is 1. The normalized spacial score (nSPS) is 15.2. The molecule has 3 rings (SSSR count). The fourth-order valence-corrected chi connectivity index (χ4v) is 2.90. The fourth-order valence-electron chi connectivity index (χ4n) is 2.90. The molecule has 6 nitrogen and oxygen atoms in total. The van der Waals surface area contributed by atoms with E-state index in [1.54, 1.807) is 11.8 Å². The monoisotopic (exact) mass is 341 g/mol. The van der Waals surface area contributed by atoms with Crippen LogP contribution in [0.1, 0.15) is 11.3 Å². The summed E-state index contributed by atoms with van der Waals surface area (Å²) in [7, 11) is 0. The van der Waals surface area contributed by atoms with Crippen molar-refractivity contribution in [1.82, 2.24) is 14.8 Å². The van der Waals surface area contributed by atoms with Crippen molar-refractivity contribution < 1.29 is 9.53 Å². The van der Waals surface area contributed by atoms with Gasteiger partial charge in [0, 0.05) is 50.7 Å². The number of piperazine rings is 1. The SMILES string of the molecule is Cc1cc(=O)c(OCC(=O)N2CCN(Cc3ccccc3)CC2)c[nH]1. The van der Waals surface area contributed by atoms with Crippen molar-refractivity contribution in [2.45, 2.75) is 13.5 Å². The Balaban J connectivity index is 1.46. The van der Waals surface area contributed by atoms with Gasteiger partial charge in [-0.15, -0.1) is 0 Å². The van der Waals surface area contributed by atoms with Crippen molar-refractivity contribution in [1.29, 1.82) is 0 Å². The molecule has 1 aliphatic heterocycles. The quantitative estimate of drug-likeness (QED) is 0.893. The topological polar surface area (TPSA) is 65.6 Å². The van der Waals surface area contributed by atoms with Crippen molar-refractivity contribution in [2.75, 3.05) is 32.8 Å². The predicted molar refractivity (Wildman–Crippen MR) is 95.6 cm³/mol. The van der Waals surface area contributed by atoms with Crippen LogP contribution in [0.25, 0.3) is 0 Å². The molecule has 0 radical (unpaired) electrons. The molecule has 0 aliphatic carbocycles. The Hall–Kier alpha value is -2.60. The van der Waals surface area contributed by atoms with Crippen LogP contribution in [0.15, 0.2) is 47.4 Å². The Morgan fingerprint density at radius 3 is 2.56 bits per heavy atom. The number of pyridine rings is 1. The Morgan fingerprint density at radius 1 is 1.16 bits per heavy atom. The molecule has 132 valence electrons. The minimum absolute atomic E-state index is 0.0839. The lowest BCUT2D eigenvalue weighted by molar-refractivity contribution is -0.135. The van der Waals surface area contributed by atoms with E-state index in [-0.39, 0.29) is 23.7 Å². The van der Waals surface area contributed by atoms with Crippen molar-refractivity contribution >= 4 is 5.91 Å². The van der Waals surface area contributed by atoms with Gasteiger partial charge in [-0.1, -0.05) is 30.3 Å². The zero-order valence-electron chi connectivity index (χ0n) is 14.4. The zero-order chi connectivity index (χ0) is 17.6. The number of ether oxygens (including phenoxy) is 1.